The SMILES string of the molecule is COCC(C)NC(=O)c1c(CCc2ccccc2)n(CCN(C)C)c(C)cc1=O. The van der Waals surface area contributed by atoms with Crippen LogP contribution in [0.15, 0.2) is 41.2 Å². The van der Waals surface area contributed by atoms with Crippen LogP contribution in [0.2, 0.25) is 0 Å². The van der Waals surface area contributed by atoms with Crippen molar-refractivity contribution in [2.24, 2.45) is 0 Å². The van der Waals surface area contributed by atoms with E-state index in [1.165, 1.54) is 5.56 Å². The van der Waals surface area contributed by atoms with Gasteiger partial charge in [0.2, 0.25) is 0 Å². The first-order chi connectivity index (χ1) is 13.8. The number of pyridine rings is 1. The number of aromatic nitrogens is 1. The summed E-state index contributed by atoms with van der Waals surface area (Å²) in [5, 5.41) is 2.90. The number of nitrogens with one attached hydrogen (secondary N) is 1. The number of carbonyl (C=O) groups excluding carboxylic acids is 1. The Labute approximate surface area is 173 Å². The number of benzene rings is 1. The number of rotatable bonds is 10. The number of ether oxygens (including phenoxy) is 1. The topological polar surface area (TPSA) is 63.6 Å². The van der Waals surface area contributed by atoms with Crippen LogP contribution in [0.1, 0.15) is 34.2 Å². The molecule has 1 aromatic heterocycles. The minimum absolute atomic E-state index is 0.176. The van der Waals surface area contributed by atoms with Gasteiger partial charge in [0.15, 0.2) is 5.43 Å². The number of hydrogen-bond acceptors (Lipinski definition) is 4. The molecule has 0 aliphatic carbocycles. The molecule has 0 fully saturated rings. The van der Waals surface area contributed by atoms with E-state index in [0.717, 1.165) is 30.9 Å². The van der Waals surface area contributed by atoms with Gasteiger partial charge in [-0.05, 0) is 46.3 Å². The summed E-state index contributed by atoms with van der Waals surface area (Å²) in [7, 11) is 5.62. The first-order valence-corrected chi connectivity index (χ1v) is 10.0. The van der Waals surface area contributed by atoms with Crippen molar-refractivity contribution in [3.63, 3.8) is 0 Å². The minimum Gasteiger partial charge on any atom is -0.383 e. The van der Waals surface area contributed by atoms with Crippen LogP contribution >= 0.6 is 0 Å². The molecule has 1 heterocycles. The third-order valence-corrected chi connectivity index (χ3v) is 4.91. The molecular weight excluding hydrogens is 366 g/mol. The monoisotopic (exact) mass is 399 g/mol. The summed E-state index contributed by atoms with van der Waals surface area (Å²) in [6.07, 6.45) is 1.38. The van der Waals surface area contributed by atoms with Gasteiger partial charge in [-0.1, -0.05) is 30.3 Å². The van der Waals surface area contributed by atoms with Gasteiger partial charge in [-0.15, -0.1) is 0 Å². The highest BCUT2D eigenvalue weighted by Gasteiger charge is 2.21. The Kier molecular flexibility index (Phi) is 8.61. The van der Waals surface area contributed by atoms with E-state index < -0.39 is 0 Å². The Morgan fingerprint density at radius 2 is 1.90 bits per heavy atom. The molecule has 2 rings (SSSR count). The van der Waals surface area contributed by atoms with Gasteiger partial charge in [0.05, 0.1) is 6.61 Å². The summed E-state index contributed by atoms with van der Waals surface area (Å²) >= 11 is 0. The minimum atomic E-state index is -0.332. The van der Waals surface area contributed by atoms with Crippen molar-refractivity contribution in [2.45, 2.75) is 39.3 Å². The summed E-state index contributed by atoms with van der Waals surface area (Å²) in [5.41, 5.74) is 2.87. The lowest BCUT2D eigenvalue weighted by Gasteiger charge is -2.22. The Morgan fingerprint density at radius 3 is 2.52 bits per heavy atom. The molecule has 1 aromatic carbocycles. The summed E-state index contributed by atoms with van der Waals surface area (Å²) < 4.78 is 7.22. The van der Waals surface area contributed by atoms with E-state index in [9.17, 15) is 9.59 Å². The van der Waals surface area contributed by atoms with Gasteiger partial charge in [-0.25, -0.2) is 0 Å². The van der Waals surface area contributed by atoms with E-state index in [2.05, 4.69) is 26.9 Å². The lowest BCUT2D eigenvalue weighted by atomic mass is 10.0. The largest absolute Gasteiger partial charge is 0.383 e. The van der Waals surface area contributed by atoms with Crippen LogP contribution < -0.4 is 10.7 Å². The van der Waals surface area contributed by atoms with Crippen LogP contribution in [-0.4, -0.2) is 55.8 Å². The highest BCUT2D eigenvalue weighted by Crippen LogP contribution is 2.14. The van der Waals surface area contributed by atoms with Crippen LogP contribution in [0.25, 0.3) is 0 Å². The van der Waals surface area contributed by atoms with E-state index in [0.29, 0.717) is 13.0 Å². The van der Waals surface area contributed by atoms with Crippen LogP contribution in [0.3, 0.4) is 0 Å². The molecule has 1 amide bonds. The number of hydrogen-bond donors (Lipinski definition) is 1. The predicted molar refractivity (Wildman–Crippen MR) is 117 cm³/mol. The Hall–Kier alpha value is -2.44. The molecule has 6 heteroatoms. The van der Waals surface area contributed by atoms with Crippen molar-refractivity contribution in [2.75, 3.05) is 34.4 Å². The lowest BCUT2D eigenvalue weighted by molar-refractivity contribution is 0.0902. The van der Waals surface area contributed by atoms with E-state index in [1.54, 1.807) is 13.2 Å². The lowest BCUT2D eigenvalue weighted by Crippen LogP contribution is -2.40. The van der Waals surface area contributed by atoms with Gasteiger partial charge < -0.3 is 19.5 Å². The van der Waals surface area contributed by atoms with Gasteiger partial charge in [-0.3, -0.25) is 9.59 Å². The number of methoxy groups -OCH3 is 1. The number of nitrogens with zero attached hydrogens (tertiary/aromatic N) is 2. The summed E-state index contributed by atoms with van der Waals surface area (Å²) in [6, 6.07) is 11.5. The Bertz CT molecular complexity index is 860. The number of likely N-dealkylation sites (N-methyl/N-ethyl adjacent to an activating group) is 1. The molecule has 0 aliphatic heterocycles. The number of carbonyl (C=O) groups is 1. The molecule has 158 valence electrons. The van der Waals surface area contributed by atoms with E-state index in [1.807, 2.05) is 46.1 Å². The maximum absolute atomic E-state index is 13.0. The van der Waals surface area contributed by atoms with Crippen molar-refractivity contribution in [1.82, 2.24) is 14.8 Å². The van der Waals surface area contributed by atoms with Crippen LogP contribution in [-0.2, 0) is 24.1 Å². The molecule has 0 saturated carbocycles. The van der Waals surface area contributed by atoms with Crippen molar-refractivity contribution < 1.29 is 9.53 Å². The van der Waals surface area contributed by atoms with Gasteiger partial charge in [-0.2, -0.15) is 0 Å². The zero-order valence-electron chi connectivity index (χ0n) is 18.2. The van der Waals surface area contributed by atoms with Crippen molar-refractivity contribution in [3.8, 4) is 0 Å². The maximum Gasteiger partial charge on any atom is 0.257 e. The first-order valence-electron chi connectivity index (χ1n) is 10.0. The maximum atomic E-state index is 13.0. The van der Waals surface area contributed by atoms with Crippen LogP contribution in [0.4, 0.5) is 0 Å². The van der Waals surface area contributed by atoms with Crippen LogP contribution in [0.5, 0.6) is 0 Å². The van der Waals surface area contributed by atoms with Crippen molar-refractivity contribution >= 4 is 5.91 Å². The van der Waals surface area contributed by atoms with Gasteiger partial charge in [0.1, 0.15) is 5.56 Å². The molecule has 0 spiro atoms. The fourth-order valence-electron chi connectivity index (χ4n) is 3.44. The number of amides is 1. The third kappa shape index (κ3) is 6.54. The van der Waals surface area contributed by atoms with Crippen LogP contribution in [0, 0.1) is 6.92 Å². The summed E-state index contributed by atoms with van der Waals surface area (Å²) in [4.78, 5) is 27.9. The second-order valence-corrected chi connectivity index (χ2v) is 7.74. The Morgan fingerprint density at radius 1 is 1.21 bits per heavy atom. The fourth-order valence-corrected chi connectivity index (χ4v) is 3.44. The molecule has 1 unspecified atom stereocenters. The molecule has 1 N–H and O–H groups in total. The highest BCUT2D eigenvalue weighted by molar-refractivity contribution is 5.95. The standard InChI is InChI=1S/C23H33N3O3/c1-17(16-29-5)24-23(28)22-20(12-11-19-9-7-6-8-10-19)26(14-13-25(3)4)18(2)15-21(22)27/h6-10,15,17H,11-14,16H2,1-5H3,(H,24,28). The van der Waals surface area contributed by atoms with E-state index in [4.69, 9.17) is 4.74 Å². The van der Waals surface area contributed by atoms with E-state index in [-0.39, 0.29) is 22.9 Å². The molecular formula is C23H33N3O3. The quantitative estimate of drug-likeness (QED) is 0.666. The van der Waals surface area contributed by atoms with E-state index >= 15 is 0 Å². The second-order valence-electron chi connectivity index (χ2n) is 7.74. The Balaban J connectivity index is 2.44. The van der Waals surface area contributed by atoms with Gasteiger partial charge in [0, 0.05) is 43.7 Å². The summed E-state index contributed by atoms with van der Waals surface area (Å²) in [5.74, 6) is -0.332. The molecule has 6 nitrogen and oxygen atoms in total. The molecule has 0 bridgehead atoms. The summed E-state index contributed by atoms with van der Waals surface area (Å²) in [6.45, 7) is 5.73. The smallest absolute Gasteiger partial charge is 0.257 e. The average molecular weight is 400 g/mol. The zero-order chi connectivity index (χ0) is 21.4. The fraction of sp³-hybridized carbons (Fsp3) is 0.478. The molecule has 0 saturated heterocycles. The van der Waals surface area contributed by atoms with Gasteiger partial charge in [0.25, 0.3) is 5.91 Å². The molecule has 29 heavy (non-hydrogen) atoms. The van der Waals surface area contributed by atoms with Crippen molar-refractivity contribution in [1.29, 1.82) is 0 Å². The molecule has 2 aromatic rings. The number of aryl methyl sites for hydroxylation is 2. The van der Waals surface area contributed by atoms with Gasteiger partial charge >= 0.3 is 0 Å². The normalized spacial score (nSPS) is 12.2. The molecule has 0 radical (unpaired) electrons. The zero-order valence-corrected chi connectivity index (χ0v) is 18.2. The average Bonchev–Trinajstić information content (AvgIpc) is 2.66. The second kappa shape index (κ2) is 10.9. The molecule has 0 aliphatic rings. The third-order valence-electron chi connectivity index (χ3n) is 4.91. The highest BCUT2D eigenvalue weighted by atomic mass is 16.5. The molecule has 1 atom stereocenters. The van der Waals surface area contributed by atoms with Crippen molar-refractivity contribution in [3.05, 3.63) is 69.1 Å². The predicted octanol–water partition coefficient (Wildman–Crippen LogP) is 2.27. The first kappa shape index (κ1) is 22.8.